The van der Waals surface area contributed by atoms with Crippen molar-refractivity contribution in [2.45, 2.75) is 322 Å². The highest BCUT2D eigenvalue weighted by Crippen LogP contribution is 2.38. The minimum atomic E-state index is -4.71. The van der Waals surface area contributed by atoms with E-state index in [0.29, 0.717) is 23.9 Å². The molecule has 0 rings (SSSR count). The van der Waals surface area contributed by atoms with Crippen LogP contribution in [0.2, 0.25) is 0 Å². The third kappa shape index (κ3) is 61.7. The van der Waals surface area contributed by atoms with Gasteiger partial charge < -0.3 is 28.5 Å². The lowest BCUT2D eigenvalue weighted by Gasteiger charge is -2.30. The zero-order chi connectivity index (χ0) is 60.0. The molecule has 0 aliphatic rings. The van der Waals surface area contributed by atoms with Crippen LogP contribution in [0.1, 0.15) is 310 Å². The van der Waals surface area contributed by atoms with Gasteiger partial charge in [-0.15, -0.1) is 0 Å². The van der Waals surface area contributed by atoms with Crippen molar-refractivity contribution in [2.24, 2.45) is 0 Å². The lowest BCUT2D eigenvalue weighted by molar-refractivity contribution is -0.870. The Morgan fingerprint density at radius 1 is 0.439 bits per heavy atom. The number of quaternary nitrogens is 1. The van der Waals surface area contributed by atoms with Crippen molar-refractivity contribution in [2.75, 3.05) is 40.9 Å². The van der Waals surface area contributed by atoms with Crippen molar-refractivity contribution in [3.8, 4) is 0 Å². The normalized spacial score (nSPS) is 14.1. The molecule has 9 nitrogen and oxygen atoms in total. The first-order chi connectivity index (χ1) is 39.9. The number of nitrogens with one attached hydrogen (secondary N) is 1. The van der Waals surface area contributed by atoms with Crippen LogP contribution in [0.25, 0.3) is 0 Å². The van der Waals surface area contributed by atoms with E-state index < -0.39 is 26.6 Å². The van der Waals surface area contributed by atoms with Crippen LogP contribution >= 0.6 is 7.82 Å². The van der Waals surface area contributed by atoms with Gasteiger partial charge >= 0.3 is 5.97 Å². The summed E-state index contributed by atoms with van der Waals surface area (Å²) in [6.45, 7) is 6.75. The molecule has 0 spiro atoms. The van der Waals surface area contributed by atoms with Crippen molar-refractivity contribution >= 4 is 19.7 Å². The Morgan fingerprint density at radius 3 is 1.17 bits per heavy atom. The van der Waals surface area contributed by atoms with Gasteiger partial charge in [0.25, 0.3) is 7.82 Å². The van der Waals surface area contributed by atoms with Crippen LogP contribution in [-0.2, 0) is 27.9 Å². The molecule has 0 fully saturated rings. The molecular weight excluding hydrogens is 1040 g/mol. The number of allylic oxidation sites excluding steroid dienone is 13. The number of nitrogens with zero attached hydrogens (tertiary/aromatic N) is 1. The first kappa shape index (κ1) is 79.2. The molecule has 10 heteroatoms. The van der Waals surface area contributed by atoms with Crippen molar-refractivity contribution in [3.05, 3.63) is 85.1 Å². The number of unbranched alkanes of at least 4 members (excludes halogenated alkanes) is 34. The monoisotopic (exact) mass is 1170 g/mol. The van der Waals surface area contributed by atoms with Gasteiger partial charge in [0.1, 0.15) is 19.3 Å². The highest BCUT2D eigenvalue weighted by atomic mass is 31.2. The number of phosphoric acid groups is 1. The molecule has 0 aromatic heterocycles. The third-order valence-corrected chi connectivity index (χ3v) is 16.1. The van der Waals surface area contributed by atoms with E-state index in [-0.39, 0.29) is 24.9 Å². The molecule has 0 saturated carbocycles. The number of rotatable bonds is 62. The molecule has 3 atom stereocenters. The lowest BCUT2D eigenvalue weighted by Crippen LogP contribution is -2.47. The second-order valence-corrected chi connectivity index (χ2v) is 25.7. The van der Waals surface area contributed by atoms with Gasteiger partial charge in [-0.3, -0.25) is 14.2 Å². The molecule has 0 aliphatic carbocycles. The Balaban J connectivity index is 5.15. The minimum Gasteiger partial charge on any atom is -0.756 e. The third-order valence-electron chi connectivity index (χ3n) is 15.1. The van der Waals surface area contributed by atoms with E-state index in [1.807, 2.05) is 33.3 Å². The van der Waals surface area contributed by atoms with Gasteiger partial charge in [-0.05, 0) is 83.1 Å². The molecular formula is C72H131N2O7P. The van der Waals surface area contributed by atoms with Gasteiger partial charge in [0.05, 0.1) is 33.8 Å². The predicted molar refractivity (Wildman–Crippen MR) is 353 cm³/mol. The summed E-state index contributed by atoms with van der Waals surface area (Å²) in [5.74, 6) is -0.550. The van der Waals surface area contributed by atoms with Crippen LogP contribution in [0.5, 0.6) is 0 Å². The van der Waals surface area contributed by atoms with Gasteiger partial charge in [0.2, 0.25) is 5.91 Å². The van der Waals surface area contributed by atoms with Crippen LogP contribution in [0, 0.1) is 0 Å². The summed E-state index contributed by atoms with van der Waals surface area (Å²) in [4.78, 5) is 40.1. The van der Waals surface area contributed by atoms with Gasteiger partial charge in [-0.25, -0.2) is 0 Å². The Bertz CT molecular complexity index is 1680. The summed E-state index contributed by atoms with van der Waals surface area (Å²) in [5.41, 5.74) is 0. The summed E-state index contributed by atoms with van der Waals surface area (Å²) < 4.78 is 30.4. The molecule has 0 heterocycles. The summed E-state index contributed by atoms with van der Waals surface area (Å²) in [5, 5.41) is 3.04. The van der Waals surface area contributed by atoms with Crippen molar-refractivity contribution in [1.82, 2.24) is 5.32 Å². The van der Waals surface area contributed by atoms with E-state index in [1.54, 1.807) is 0 Å². The maximum absolute atomic E-state index is 13.6. The Morgan fingerprint density at radius 2 is 0.780 bits per heavy atom. The minimum absolute atomic E-state index is 0.0264. The second-order valence-electron chi connectivity index (χ2n) is 24.3. The molecule has 0 radical (unpaired) electrons. The maximum Gasteiger partial charge on any atom is 0.306 e. The molecule has 0 aromatic rings. The van der Waals surface area contributed by atoms with Gasteiger partial charge in [0.15, 0.2) is 0 Å². The number of hydrogen-bond acceptors (Lipinski definition) is 7. The first-order valence-corrected chi connectivity index (χ1v) is 35.9. The number of likely N-dealkylation sites (N-methyl/N-ethyl adjacent to an activating group) is 1. The molecule has 0 saturated heterocycles. The number of hydrogen-bond donors (Lipinski definition) is 1. The Hall–Kier alpha value is -2.81. The molecule has 0 aliphatic heterocycles. The van der Waals surface area contributed by atoms with E-state index >= 15 is 0 Å². The number of carbonyl (C=O) groups excluding carboxylic acids is 2. The maximum atomic E-state index is 13.6. The molecule has 82 heavy (non-hydrogen) atoms. The average Bonchev–Trinajstić information content (AvgIpc) is 3.44. The number of esters is 1. The quantitative estimate of drug-likeness (QED) is 0.0212. The molecule has 0 bridgehead atoms. The van der Waals surface area contributed by atoms with E-state index in [2.05, 4.69) is 99.0 Å². The second kappa shape index (κ2) is 61.3. The standard InChI is InChI=1S/C72H131N2O7P/c1-7-10-13-16-19-22-25-28-30-32-34-35-36-37-38-39-41-43-45-47-50-53-56-59-62-65-72(76)81-70(63-60-57-54-51-48-27-24-21-18-15-12-9-3)69(68-80-82(77,78)79-67-66-74(4,5)6)73-71(75)64-61-58-55-52-49-46-44-42-40-33-31-29-26-23-20-17-14-11-8-2/h10,13,19,22,28,30,34-35,37-38,41,43,60,63,69-70H,7-9,11-12,14-18,20-21,23-27,29,31-33,36,39-40,42,44-59,61-62,64-68H2,1-6H3,(H-,73,75,77,78)/b13-10-,22-19-,30-28-,35-34-,38-37-,43-41-,63-60+. The molecule has 3 unspecified atom stereocenters. The highest BCUT2D eigenvalue weighted by Gasteiger charge is 2.27. The van der Waals surface area contributed by atoms with Crippen LogP contribution in [0.15, 0.2) is 85.1 Å². The molecule has 1 N–H and O–H groups in total. The predicted octanol–water partition coefficient (Wildman–Crippen LogP) is 21.1. The van der Waals surface area contributed by atoms with E-state index in [0.717, 1.165) is 116 Å². The summed E-state index contributed by atoms with van der Waals surface area (Å²) in [6, 6.07) is -0.897. The van der Waals surface area contributed by atoms with Gasteiger partial charge in [-0.1, -0.05) is 299 Å². The number of amides is 1. The van der Waals surface area contributed by atoms with E-state index in [9.17, 15) is 19.0 Å². The number of ether oxygens (including phenoxy) is 1. The van der Waals surface area contributed by atoms with E-state index in [4.69, 9.17) is 13.8 Å². The highest BCUT2D eigenvalue weighted by molar-refractivity contribution is 7.45. The summed E-state index contributed by atoms with van der Waals surface area (Å²) in [6.07, 6.45) is 81.2. The molecule has 1 amide bonds. The van der Waals surface area contributed by atoms with Crippen LogP contribution in [0.3, 0.4) is 0 Å². The molecule has 0 aromatic carbocycles. The first-order valence-electron chi connectivity index (χ1n) is 34.4. The van der Waals surface area contributed by atoms with E-state index in [1.165, 1.54) is 154 Å². The van der Waals surface area contributed by atoms with Gasteiger partial charge in [0, 0.05) is 12.8 Å². The van der Waals surface area contributed by atoms with Crippen LogP contribution < -0.4 is 10.2 Å². The fraction of sp³-hybridized carbons (Fsp3) is 0.778. The smallest absolute Gasteiger partial charge is 0.306 e. The fourth-order valence-corrected chi connectivity index (χ4v) is 10.5. The van der Waals surface area contributed by atoms with Crippen molar-refractivity contribution < 1.29 is 37.3 Å². The van der Waals surface area contributed by atoms with Crippen LogP contribution in [0.4, 0.5) is 0 Å². The Kier molecular flexibility index (Phi) is 59.2. The topological polar surface area (TPSA) is 114 Å². The van der Waals surface area contributed by atoms with Crippen LogP contribution in [-0.4, -0.2) is 69.4 Å². The fourth-order valence-electron chi connectivity index (χ4n) is 9.82. The van der Waals surface area contributed by atoms with Crippen molar-refractivity contribution in [3.63, 3.8) is 0 Å². The van der Waals surface area contributed by atoms with Crippen molar-refractivity contribution in [1.29, 1.82) is 0 Å². The zero-order valence-electron chi connectivity index (χ0n) is 54.4. The SMILES string of the molecule is CC/C=C\C/C=C\C/C=C\C/C=C\C/C=C\C/C=C\CCCCCCCCC(=O)OC(/C=C/CCCCCCCCCCCC)C(COP(=O)([O-])OCC[N+](C)(C)C)NC(=O)CCCCCCCCCCCCCCCCCCCCC. The average molecular weight is 1170 g/mol. The zero-order valence-corrected chi connectivity index (χ0v) is 55.3. The van der Waals surface area contributed by atoms with Gasteiger partial charge in [-0.2, -0.15) is 0 Å². The molecule has 476 valence electrons. The number of carbonyl (C=O) groups is 2. The lowest BCUT2D eigenvalue weighted by atomic mass is 10.0. The summed E-state index contributed by atoms with van der Waals surface area (Å²) in [7, 11) is 1.18. The largest absolute Gasteiger partial charge is 0.756 e. The Labute approximate surface area is 507 Å². The number of phosphoric ester groups is 1. The summed E-state index contributed by atoms with van der Waals surface area (Å²) >= 11 is 0.